The maximum atomic E-state index is 14.2. The summed E-state index contributed by atoms with van der Waals surface area (Å²) in [7, 11) is 0. The highest BCUT2D eigenvalue weighted by atomic mass is 32.1. The molecule has 11 heteroatoms. The lowest BCUT2D eigenvalue weighted by Gasteiger charge is -2.17. The topological polar surface area (TPSA) is 123 Å². The number of nitrogens with zero attached hydrogens (tertiary/aromatic N) is 2. The van der Waals surface area contributed by atoms with Crippen LogP contribution in [0.2, 0.25) is 0 Å². The summed E-state index contributed by atoms with van der Waals surface area (Å²) in [6.07, 6.45) is -4.89. The quantitative estimate of drug-likeness (QED) is 0.712. The molecule has 26 heavy (non-hydrogen) atoms. The largest absolute Gasteiger partial charge is 0.444 e. The van der Waals surface area contributed by atoms with E-state index in [1.807, 2.05) is 5.38 Å². The van der Waals surface area contributed by atoms with Crippen LogP contribution < -0.4 is 11.0 Å². The molecule has 0 aromatic carbocycles. The molecule has 3 rings (SSSR count). The first-order valence-electron chi connectivity index (χ1n) is 7.63. The van der Waals surface area contributed by atoms with Gasteiger partial charge in [-0.3, -0.25) is 9.88 Å². The molecular formula is C15H16FN3O6S. The predicted octanol–water partition coefficient (Wildman–Crippen LogP) is 0.832. The zero-order valence-corrected chi connectivity index (χ0v) is 14.4. The van der Waals surface area contributed by atoms with Crippen LogP contribution in [-0.2, 0) is 16.1 Å². The standard InChI is InChI=1S/C15H16FN3O6S/c1-7-10(20)11(21)13(25-7)19-5-9(16)12(17-14(19)22)18-15(23)24-6-8-3-2-4-26-8/h2-5,7,10-11,13,20-21H,6H2,1H3,(H,17,18,22,23)/t7-,10-,11-,13-/m1/s1. The van der Waals surface area contributed by atoms with Crippen molar-refractivity contribution in [2.24, 2.45) is 0 Å². The van der Waals surface area contributed by atoms with Gasteiger partial charge in [-0.25, -0.2) is 14.0 Å². The highest BCUT2D eigenvalue weighted by Crippen LogP contribution is 2.28. The van der Waals surface area contributed by atoms with E-state index < -0.39 is 48.0 Å². The molecule has 0 saturated carbocycles. The predicted molar refractivity (Wildman–Crippen MR) is 88.2 cm³/mol. The Labute approximate surface area is 150 Å². The SMILES string of the molecule is C[C@H]1O[C@@H](n2cc(F)c(NC(=O)OCc3cccs3)nc2=O)[C@H](O)[C@@H]1O. The number of carbonyl (C=O) groups excluding carboxylic acids is 1. The fourth-order valence-corrected chi connectivity index (χ4v) is 3.05. The van der Waals surface area contributed by atoms with Crippen LogP contribution in [0, 0.1) is 5.82 Å². The Morgan fingerprint density at radius 3 is 2.88 bits per heavy atom. The van der Waals surface area contributed by atoms with Gasteiger partial charge in [-0.05, 0) is 18.4 Å². The summed E-state index contributed by atoms with van der Waals surface area (Å²) in [5.74, 6) is -1.63. The van der Waals surface area contributed by atoms with Gasteiger partial charge in [-0.15, -0.1) is 11.3 Å². The fraction of sp³-hybridized carbons (Fsp3) is 0.400. The smallest absolute Gasteiger partial charge is 0.413 e. The van der Waals surface area contributed by atoms with Gasteiger partial charge in [0.15, 0.2) is 17.9 Å². The lowest BCUT2D eigenvalue weighted by molar-refractivity contribution is -0.0355. The summed E-state index contributed by atoms with van der Waals surface area (Å²) >= 11 is 1.39. The average Bonchev–Trinajstić information content (AvgIpc) is 3.20. The third-order valence-electron chi connectivity index (χ3n) is 3.80. The Kier molecular flexibility index (Phi) is 5.32. The van der Waals surface area contributed by atoms with E-state index in [0.29, 0.717) is 0 Å². The van der Waals surface area contributed by atoms with Crippen molar-refractivity contribution in [1.82, 2.24) is 9.55 Å². The summed E-state index contributed by atoms with van der Waals surface area (Å²) in [4.78, 5) is 28.0. The van der Waals surface area contributed by atoms with Crippen LogP contribution in [0.4, 0.5) is 15.0 Å². The highest BCUT2D eigenvalue weighted by molar-refractivity contribution is 7.09. The number of anilines is 1. The minimum Gasteiger partial charge on any atom is -0.444 e. The molecule has 4 atom stereocenters. The van der Waals surface area contributed by atoms with Gasteiger partial charge in [0.25, 0.3) is 0 Å². The molecular weight excluding hydrogens is 369 g/mol. The van der Waals surface area contributed by atoms with Gasteiger partial charge in [0, 0.05) is 4.88 Å². The number of amides is 1. The molecule has 0 aliphatic carbocycles. The second-order valence-corrected chi connectivity index (χ2v) is 6.65. The van der Waals surface area contributed by atoms with Crippen molar-refractivity contribution in [3.63, 3.8) is 0 Å². The van der Waals surface area contributed by atoms with Crippen LogP contribution in [0.25, 0.3) is 0 Å². The van der Waals surface area contributed by atoms with E-state index in [2.05, 4.69) is 10.3 Å². The van der Waals surface area contributed by atoms with Crippen LogP contribution >= 0.6 is 11.3 Å². The van der Waals surface area contributed by atoms with Crippen molar-refractivity contribution in [3.05, 3.63) is 44.9 Å². The van der Waals surface area contributed by atoms with Crippen molar-refractivity contribution in [2.45, 2.75) is 38.1 Å². The molecule has 2 aromatic heterocycles. The van der Waals surface area contributed by atoms with Crippen molar-refractivity contribution in [2.75, 3.05) is 5.32 Å². The lowest BCUT2D eigenvalue weighted by Crippen LogP contribution is -2.36. The van der Waals surface area contributed by atoms with E-state index in [4.69, 9.17) is 9.47 Å². The number of nitrogens with one attached hydrogen (secondary N) is 1. The number of aliphatic hydroxyl groups excluding tert-OH is 2. The maximum Gasteiger partial charge on any atom is 0.413 e. The Morgan fingerprint density at radius 1 is 1.50 bits per heavy atom. The third kappa shape index (κ3) is 3.75. The number of hydrogen-bond donors (Lipinski definition) is 3. The van der Waals surface area contributed by atoms with Gasteiger partial charge in [-0.1, -0.05) is 6.07 Å². The van der Waals surface area contributed by atoms with Gasteiger partial charge >= 0.3 is 11.8 Å². The molecule has 1 amide bonds. The Bertz CT molecular complexity index is 842. The molecule has 3 heterocycles. The van der Waals surface area contributed by atoms with Crippen LogP contribution in [0.5, 0.6) is 0 Å². The number of aromatic nitrogens is 2. The molecule has 2 aromatic rings. The van der Waals surface area contributed by atoms with Gasteiger partial charge in [0.05, 0.1) is 12.3 Å². The number of aliphatic hydroxyl groups is 2. The van der Waals surface area contributed by atoms with Gasteiger partial charge in [0.1, 0.15) is 18.8 Å². The van der Waals surface area contributed by atoms with E-state index >= 15 is 0 Å². The average molecular weight is 385 g/mol. The van der Waals surface area contributed by atoms with Gasteiger partial charge in [-0.2, -0.15) is 4.98 Å². The second kappa shape index (κ2) is 7.50. The minimum absolute atomic E-state index is 0.0000676. The molecule has 9 nitrogen and oxygen atoms in total. The number of halogens is 1. The third-order valence-corrected chi connectivity index (χ3v) is 4.65. The Morgan fingerprint density at radius 2 is 2.27 bits per heavy atom. The maximum absolute atomic E-state index is 14.2. The molecule has 0 unspecified atom stereocenters. The number of rotatable bonds is 4. The first kappa shape index (κ1) is 18.5. The van der Waals surface area contributed by atoms with E-state index in [1.165, 1.54) is 18.3 Å². The lowest BCUT2D eigenvalue weighted by atomic mass is 10.1. The minimum atomic E-state index is -1.42. The van der Waals surface area contributed by atoms with Crippen LogP contribution in [0.15, 0.2) is 28.5 Å². The normalized spacial score (nSPS) is 25.2. The molecule has 1 aliphatic heterocycles. The van der Waals surface area contributed by atoms with Crippen LogP contribution in [-0.4, -0.2) is 44.2 Å². The van der Waals surface area contributed by atoms with Crippen molar-refractivity contribution in [3.8, 4) is 0 Å². The van der Waals surface area contributed by atoms with E-state index in [-0.39, 0.29) is 6.61 Å². The van der Waals surface area contributed by atoms with Crippen molar-refractivity contribution < 1.29 is 28.9 Å². The molecule has 1 aliphatic rings. The fourth-order valence-electron chi connectivity index (χ4n) is 2.44. The molecule has 140 valence electrons. The van der Waals surface area contributed by atoms with Gasteiger partial charge < -0.3 is 19.7 Å². The zero-order valence-electron chi connectivity index (χ0n) is 13.5. The van der Waals surface area contributed by atoms with E-state index in [1.54, 1.807) is 12.1 Å². The van der Waals surface area contributed by atoms with Crippen LogP contribution in [0.1, 0.15) is 18.0 Å². The number of thiophene rings is 1. The molecule has 1 saturated heterocycles. The van der Waals surface area contributed by atoms with E-state index in [0.717, 1.165) is 15.6 Å². The highest BCUT2D eigenvalue weighted by Gasteiger charge is 2.42. The summed E-state index contributed by atoms with van der Waals surface area (Å²) < 4.78 is 25.1. The number of ether oxygens (including phenoxy) is 2. The van der Waals surface area contributed by atoms with Crippen molar-refractivity contribution in [1.29, 1.82) is 0 Å². The van der Waals surface area contributed by atoms with Gasteiger partial charge in [0.2, 0.25) is 0 Å². The molecule has 3 N–H and O–H groups in total. The van der Waals surface area contributed by atoms with Crippen molar-refractivity contribution >= 4 is 23.2 Å². The van der Waals surface area contributed by atoms with Crippen LogP contribution in [0.3, 0.4) is 0 Å². The number of carbonyl (C=O) groups is 1. The summed E-state index contributed by atoms with van der Waals surface area (Å²) in [6, 6.07) is 3.56. The Balaban J connectivity index is 1.71. The Hall–Kier alpha value is -2.34. The first-order valence-corrected chi connectivity index (χ1v) is 8.51. The number of hydrogen-bond acceptors (Lipinski definition) is 8. The second-order valence-electron chi connectivity index (χ2n) is 5.62. The molecule has 0 bridgehead atoms. The first-order chi connectivity index (χ1) is 12.4. The summed E-state index contributed by atoms with van der Waals surface area (Å²) in [6.45, 7) is 1.50. The van der Waals surface area contributed by atoms with E-state index in [9.17, 15) is 24.2 Å². The summed E-state index contributed by atoms with van der Waals surface area (Å²) in [5, 5.41) is 23.5. The zero-order chi connectivity index (χ0) is 18.8. The molecule has 0 spiro atoms. The molecule has 1 fully saturated rings. The monoisotopic (exact) mass is 385 g/mol. The molecule has 0 radical (unpaired) electrons. The summed E-state index contributed by atoms with van der Waals surface area (Å²) in [5.41, 5.74) is -0.967.